The van der Waals surface area contributed by atoms with Crippen molar-refractivity contribution in [2.45, 2.75) is 51.2 Å². The van der Waals surface area contributed by atoms with Gasteiger partial charge in [-0.2, -0.15) is 0 Å². The van der Waals surface area contributed by atoms with Gasteiger partial charge in [0.25, 0.3) is 0 Å². The lowest BCUT2D eigenvalue weighted by molar-refractivity contribution is -0.136. The molecule has 4 rings (SSSR count). The normalized spacial score (nSPS) is 20.9. The quantitative estimate of drug-likeness (QED) is 0.756. The van der Waals surface area contributed by atoms with E-state index in [1.54, 1.807) is 4.90 Å². The second-order valence-electron chi connectivity index (χ2n) is 9.96. The van der Waals surface area contributed by atoms with Crippen LogP contribution in [0.1, 0.15) is 43.9 Å². The number of fused-ring (bicyclic) bond motifs is 1. The van der Waals surface area contributed by atoms with Crippen LogP contribution in [0.25, 0.3) is 0 Å². The number of benzene rings is 2. The van der Waals surface area contributed by atoms with Crippen LogP contribution in [0.3, 0.4) is 0 Å². The number of rotatable bonds is 5. The van der Waals surface area contributed by atoms with Crippen LogP contribution in [0.5, 0.6) is 0 Å². The summed E-state index contributed by atoms with van der Waals surface area (Å²) in [6.07, 6.45) is 2.16. The summed E-state index contributed by atoms with van der Waals surface area (Å²) < 4.78 is 5.55. The predicted molar refractivity (Wildman–Crippen MR) is 129 cm³/mol. The molecule has 1 unspecified atom stereocenters. The molecule has 0 saturated carbocycles. The fraction of sp³-hybridized carbons (Fsp3) is 0.481. The first-order valence-corrected chi connectivity index (χ1v) is 11.9. The van der Waals surface area contributed by atoms with E-state index in [1.807, 2.05) is 51.1 Å². The van der Waals surface area contributed by atoms with Gasteiger partial charge in [-0.3, -0.25) is 9.69 Å². The SMILES string of the molecule is CC(C)(C)OC(=O)N1CCN(C2(C(=O)NCCc3ccccc3)CCc3ccccc32)CC1. The molecule has 1 aliphatic carbocycles. The van der Waals surface area contributed by atoms with Crippen LogP contribution in [0, 0.1) is 0 Å². The van der Waals surface area contributed by atoms with Gasteiger partial charge >= 0.3 is 6.09 Å². The van der Waals surface area contributed by atoms with Crippen LogP contribution in [-0.2, 0) is 27.9 Å². The van der Waals surface area contributed by atoms with E-state index in [0.717, 1.165) is 24.8 Å². The Hall–Kier alpha value is -2.86. The maximum atomic E-state index is 13.8. The van der Waals surface area contributed by atoms with Crippen molar-refractivity contribution in [3.8, 4) is 0 Å². The first-order valence-electron chi connectivity index (χ1n) is 11.9. The molecule has 1 aliphatic heterocycles. The topological polar surface area (TPSA) is 61.9 Å². The van der Waals surface area contributed by atoms with E-state index < -0.39 is 11.1 Å². The van der Waals surface area contributed by atoms with Crippen LogP contribution in [0.4, 0.5) is 4.79 Å². The third-order valence-corrected chi connectivity index (χ3v) is 6.61. The van der Waals surface area contributed by atoms with E-state index >= 15 is 0 Å². The second kappa shape index (κ2) is 9.56. The van der Waals surface area contributed by atoms with Crippen LogP contribution in [0.15, 0.2) is 54.6 Å². The molecule has 176 valence electrons. The molecule has 1 atom stereocenters. The number of ether oxygens (including phenoxy) is 1. The summed E-state index contributed by atoms with van der Waals surface area (Å²) in [5.74, 6) is 0.0640. The zero-order valence-electron chi connectivity index (χ0n) is 20.0. The van der Waals surface area contributed by atoms with E-state index in [1.165, 1.54) is 11.1 Å². The molecule has 0 spiro atoms. The Morgan fingerprint density at radius 3 is 2.33 bits per heavy atom. The molecule has 0 bridgehead atoms. The summed E-state index contributed by atoms with van der Waals surface area (Å²) in [6, 6.07) is 18.5. The molecule has 2 aromatic carbocycles. The van der Waals surface area contributed by atoms with Crippen LogP contribution in [0.2, 0.25) is 0 Å². The Bertz CT molecular complexity index is 978. The molecule has 6 nitrogen and oxygen atoms in total. The number of carbonyl (C=O) groups excluding carboxylic acids is 2. The van der Waals surface area contributed by atoms with E-state index in [2.05, 4.69) is 34.5 Å². The van der Waals surface area contributed by atoms with Gasteiger partial charge in [-0.15, -0.1) is 0 Å². The average molecular weight is 450 g/mol. The molecule has 1 N–H and O–H groups in total. The lowest BCUT2D eigenvalue weighted by atomic mass is 9.87. The standard InChI is InChI=1S/C27H35N3O3/c1-26(2,3)33-25(32)29-17-19-30(20-18-29)27(15-13-22-11-7-8-12-23(22)27)24(31)28-16-14-21-9-5-4-6-10-21/h4-12H,13-20H2,1-3H3,(H,28,31). The zero-order valence-corrected chi connectivity index (χ0v) is 20.0. The van der Waals surface area contributed by atoms with Gasteiger partial charge < -0.3 is 15.0 Å². The molecule has 2 aromatic rings. The van der Waals surface area contributed by atoms with Crippen LogP contribution in [-0.4, -0.2) is 60.1 Å². The van der Waals surface area contributed by atoms with Gasteiger partial charge in [-0.25, -0.2) is 4.79 Å². The molecule has 1 heterocycles. The molecule has 0 aromatic heterocycles. The third-order valence-electron chi connectivity index (χ3n) is 6.61. The van der Waals surface area contributed by atoms with Crippen LogP contribution >= 0.6 is 0 Å². The van der Waals surface area contributed by atoms with Gasteiger partial charge in [-0.05, 0) is 56.7 Å². The number of aryl methyl sites for hydroxylation is 1. The van der Waals surface area contributed by atoms with Crippen molar-refractivity contribution in [3.05, 3.63) is 71.3 Å². The summed E-state index contributed by atoms with van der Waals surface area (Å²) in [7, 11) is 0. The number of nitrogens with zero attached hydrogens (tertiary/aromatic N) is 2. The van der Waals surface area contributed by atoms with Crippen LogP contribution < -0.4 is 5.32 Å². The van der Waals surface area contributed by atoms with Crippen molar-refractivity contribution in [1.29, 1.82) is 0 Å². The van der Waals surface area contributed by atoms with Crippen molar-refractivity contribution in [2.75, 3.05) is 32.7 Å². The Balaban J connectivity index is 1.48. The van der Waals surface area contributed by atoms with E-state index in [-0.39, 0.29) is 12.0 Å². The summed E-state index contributed by atoms with van der Waals surface area (Å²) in [5.41, 5.74) is 2.36. The maximum Gasteiger partial charge on any atom is 0.410 e. The highest BCUT2D eigenvalue weighted by Crippen LogP contribution is 2.42. The number of carbonyl (C=O) groups is 2. The summed E-state index contributed by atoms with van der Waals surface area (Å²) >= 11 is 0. The lowest BCUT2D eigenvalue weighted by Crippen LogP contribution is -2.61. The zero-order chi connectivity index (χ0) is 23.5. The Kier molecular flexibility index (Phi) is 6.75. The van der Waals surface area contributed by atoms with Crippen molar-refractivity contribution >= 4 is 12.0 Å². The van der Waals surface area contributed by atoms with Gasteiger partial charge in [0.05, 0.1) is 0 Å². The van der Waals surface area contributed by atoms with Crippen molar-refractivity contribution in [3.63, 3.8) is 0 Å². The van der Waals surface area contributed by atoms with Gasteiger partial charge in [0, 0.05) is 32.7 Å². The number of amides is 2. The molecule has 33 heavy (non-hydrogen) atoms. The highest BCUT2D eigenvalue weighted by atomic mass is 16.6. The number of piperazine rings is 1. The molecular weight excluding hydrogens is 414 g/mol. The molecular formula is C27H35N3O3. The molecule has 1 fully saturated rings. The second-order valence-corrected chi connectivity index (χ2v) is 9.96. The molecule has 1 saturated heterocycles. The van der Waals surface area contributed by atoms with E-state index in [9.17, 15) is 9.59 Å². The summed E-state index contributed by atoms with van der Waals surface area (Å²) in [5, 5.41) is 3.23. The Labute approximate surface area is 196 Å². The highest BCUT2D eigenvalue weighted by Gasteiger charge is 2.50. The monoisotopic (exact) mass is 449 g/mol. The lowest BCUT2D eigenvalue weighted by Gasteiger charge is -2.45. The molecule has 0 radical (unpaired) electrons. The first kappa shape index (κ1) is 23.3. The van der Waals surface area contributed by atoms with Crippen molar-refractivity contribution < 1.29 is 14.3 Å². The van der Waals surface area contributed by atoms with Crippen molar-refractivity contribution in [2.24, 2.45) is 0 Å². The Morgan fingerprint density at radius 2 is 1.64 bits per heavy atom. The smallest absolute Gasteiger partial charge is 0.410 e. The van der Waals surface area contributed by atoms with E-state index in [4.69, 9.17) is 4.74 Å². The fourth-order valence-corrected chi connectivity index (χ4v) is 5.01. The largest absolute Gasteiger partial charge is 0.444 e. The van der Waals surface area contributed by atoms with Crippen molar-refractivity contribution in [1.82, 2.24) is 15.1 Å². The van der Waals surface area contributed by atoms with Gasteiger partial charge in [0.1, 0.15) is 11.1 Å². The molecule has 6 heteroatoms. The predicted octanol–water partition coefficient (Wildman–Crippen LogP) is 3.74. The Morgan fingerprint density at radius 1 is 0.970 bits per heavy atom. The summed E-state index contributed by atoms with van der Waals surface area (Å²) in [6.45, 7) is 8.62. The number of hydrogen-bond acceptors (Lipinski definition) is 4. The highest BCUT2D eigenvalue weighted by molar-refractivity contribution is 5.89. The fourth-order valence-electron chi connectivity index (χ4n) is 5.01. The maximum absolute atomic E-state index is 13.8. The third kappa shape index (κ3) is 5.06. The molecule has 2 amide bonds. The first-order chi connectivity index (χ1) is 15.8. The van der Waals surface area contributed by atoms with Gasteiger partial charge in [0.2, 0.25) is 5.91 Å². The number of hydrogen-bond donors (Lipinski definition) is 1. The number of nitrogens with one attached hydrogen (secondary N) is 1. The minimum Gasteiger partial charge on any atom is -0.444 e. The molecule has 2 aliphatic rings. The minimum absolute atomic E-state index is 0.0640. The minimum atomic E-state index is -0.687. The van der Waals surface area contributed by atoms with Gasteiger partial charge in [-0.1, -0.05) is 54.6 Å². The average Bonchev–Trinajstić information content (AvgIpc) is 3.19. The van der Waals surface area contributed by atoms with E-state index in [0.29, 0.717) is 32.7 Å². The summed E-state index contributed by atoms with van der Waals surface area (Å²) in [4.78, 5) is 30.3. The van der Waals surface area contributed by atoms with Gasteiger partial charge in [0.15, 0.2) is 0 Å².